The highest BCUT2D eigenvalue weighted by molar-refractivity contribution is 5.69. The highest BCUT2D eigenvalue weighted by Gasteiger charge is 2.46. The van der Waals surface area contributed by atoms with E-state index in [1.807, 2.05) is 25.7 Å². The van der Waals surface area contributed by atoms with Gasteiger partial charge in [-0.1, -0.05) is 0 Å². The smallest absolute Gasteiger partial charge is 0.410 e. The first-order valence-corrected chi connectivity index (χ1v) is 6.64. The van der Waals surface area contributed by atoms with E-state index in [-0.39, 0.29) is 11.6 Å². The fourth-order valence-corrected chi connectivity index (χ4v) is 2.65. The molecule has 0 radical (unpaired) electrons. The van der Waals surface area contributed by atoms with E-state index in [1.165, 1.54) is 6.42 Å². The average Bonchev–Trinajstić information content (AvgIpc) is 2.35. The van der Waals surface area contributed by atoms with Crippen molar-refractivity contribution in [1.82, 2.24) is 10.2 Å². The normalized spacial score (nSPS) is 24.1. The number of hydrogen-bond donors (Lipinski definition) is 1. The number of nitrogens with one attached hydrogen (secondary N) is 1. The fraction of sp³-hybridized carbons (Fsp3) is 0.923. The number of nitrogens with zero attached hydrogens (tertiary/aromatic N) is 1. The Balaban J connectivity index is 2.07. The molecule has 2 rings (SSSR count). The molecule has 17 heavy (non-hydrogen) atoms. The van der Waals surface area contributed by atoms with Gasteiger partial charge < -0.3 is 15.0 Å². The van der Waals surface area contributed by atoms with Crippen LogP contribution in [0.3, 0.4) is 0 Å². The quantitative estimate of drug-likeness (QED) is 0.705. The van der Waals surface area contributed by atoms with Crippen molar-refractivity contribution in [2.75, 3.05) is 19.6 Å². The number of hydrogen-bond acceptors (Lipinski definition) is 3. The highest BCUT2D eigenvalue weighted by atomic mass is 16.6. The van der Waals surface area contributed by atoms with Crippen molar-refractivity contribution < 1.29 is 9.53 Å². The lowest BCUT2D eigenvalue weighted by Gasteiger charge is -2.49. The Morgan fingerprint density at radius 1 is 1.29 bits per heavy atom. The summed E-state index contributed by atoms with van der Waals surface area (Å²) in [5, 5.41) is 3.44. The molecule has 0 aromatic carbocycles. The largest absolute Gasteiger partial charge is 0.444 e. The van der Waals surface area contributed by atoms with E-state index >= 15 is 0 Å². The maximum Gasteiger partial charge on any atom is 0.410 e. The maximum absolute atomic E-state index is 12.3. The summed E-state index contributed by atoms with van der Waals surface area (Å²) in [7, 11) is 0. The van der Waals surface area contributed by atoms with E-state index in [4.69, 9.17) is 4.74 Å². The molecule has 2 aliphatic rings. The number of rotatable bonds is 0. The van der Waals surface area contributed by atoms with E-state index in [0.29, 0.717) is 0 Å². The summed E-state index contributed by atoms with van der Waals surface area (Å²) in [5.74, 6) is 0. The summed E-state index contributed by atoms with van der Waals surface area (Å²) < 4.78 is 5.52. The Labute approximate surface area is 104 Å². The predicted molar refractivity (Wildman–Crippen MR) is 67.0 cm³/mol. The molecule has 98 valence electrons. The minimum atomic E-state index is -0.401. The van der Waals surface area contributed by atoms with Crippen LogP contribution < -0.4 is 5.32 Å². The number of amides is 1. The molecule has 4 heteroatoms. The van der Waals surface area contributed by atoms with Crippen LogP contribution in [-0.4, -0.2) is 41.8 Å². The van der Waals surface area contributed by atoms with Crippen molar-refractivity contribution in [3.63, 3.8) is 0 Å². The zero-order valence-corrected chi connectivity index (χ0v) is 11.2. The van der Waals surface area contributed by atoms with E-state index in [9.17, 15) is 4.79 Å². The summed E-state index contributed by atoms with van der Waals surface area (Å²) in [6.45, 7) is 8.52. The summed E-state index contributed by atoms with van der Waals surface area (Å²) in [6, 6.07) is 0. The molecule has 0 aromatic rings. The van der Waals surface area contributed by atoms with E-state index < -0.39 is 5.60 Å². The Morgan fingerprint density at radius 3 is 2.53 bits per heavy atom. The van der Waals surface area contributed by atoms with Gasteiger partial charge in [-0.3, -0.25) is 0 Å². The summed E-state index contributed by atoms with van der Waals surface area (Å²) in [4.78, 5) is 14.2. The van der Waals surface area contributed by atoms with Crippen LogP contribution in [0.1, 0.15) is 46.5 Å². The summed E-state index contributed by atoms with van der Waals surface area (Å²) in [6.07, 6.45) is 4.32. The summed E-state index contributed by atoms with van der Waals surface area (Å²) in [5.41, 5.74) is -0.361. The van der Waals surface area contributed by atoms with Crippen molar-refractivity contribution in [2.45, 2.75) is 57.6 Å². The third kappa shape index (κ3) is 2.73. The van der Waals surface area contributed by atoms with E-state index in [0.717, 1.165) is 38.9 Å². The van der Waals surface area contributed by atoms with Crippen molar-refractivity contribution in [2.24, 2.45) is 0 Å². The predicted octanol–water partition coefficient (Wildman–Crippen LogP) is 2.14. The van der Waals surface area contributed by atoms with Gasteiger partial charge in [0, 0.05) is 13.1 Å². The van der Waals surface area contributed by atoms with Crippen LogP contribution in [0.25, 0.3) is 0 Å². The van der Waals surface area contributed by atoms with Crippen LogP contribution >= 0.6 is 0 Å². The standard InChI is InChI=1S/C13H24N2O2/c1-12(2,3)17-11(16)15-9-5-8-14-10-13(15)6-4-7-13/h14H,4-10H2,1-3H3. The average molecular weight is 240 g/mol. The van der Waals surface area contributed by atoms with Gasteiger partial charge in [-0.2, -0.15) is 0 Å². The zero-order chi connectivity index (χ0) is 12.5. The van der Waals surface area contributed by atoms with Gasteiger partial charge >= 0.3 is 6.09 Å². The second-order valence-electron chi connectivity index (χ2n) is 6.24. The minimum Gasteiger partial charge on any atom is -0.444 e. The van der Waals surface area contributed by atoms with Gasteiger partial charge in [-0.15, -0.1) is 0 Å². The van der Waals surface area contributed by atoms with Crippen molar-refractivity contribution >= 4 is 6.09 Å². The molecule has 0 unspecified atom stereocenters. The van der Waals surface area contributed by atoms with E-state index in [2.05, 4.69) is 5.32 Å². The van der Waals surface area contributed by atoms with Crippen LogP contribution in [0.5, 0.6) is 0 Å². The van der Waals surface area contributed by atoms with Crippen LogP contribution in [0.15, 0.2) is 0 Å². The SMILES string of the molecule is CC(C)(C)OC(=O)N1CCCNCC12CCC2. The number of carbonyl (C=O) groups excluding carboxylic acids is 1. The van der Waals surface area contributed by atoms with Gasteiger partial charge in [0.25, 0.3) is 0 Å². The molecule has 1 saturated heterocycles. The van der Waals surface area contributed by atoms with Gasteiger partial charge in [0.05, 0.1) is 5.54 Å². The highest BCUT2D eigenvalue weighted by Crippen LogP contribution is 2.38. The van der Waals surface area contributed by atoms with Crippen LogP contribution in [0.4, 0.5) is 4.79 Å². The molecule has 2 fully saturated rings. The third-order valence-corrected chi connectivity index (χ3v) is 3.66. The Bertz CT molecular complexity index is 292. The molecule has 1 heterocycles. The third-order valence-electron chi connectivity index (χ3n) is 3.66. The lowest BCUT2D eigenvalue weighted by molar-refractivity contribution is -0.0219. The van der Waals surface area contributed by atoms with Crippen LogP contribution in [0.2, 0.25) is 0 Å². The first-order valence-electron chi connectivity index (χ1n) is 6.64. The fourth-order valence-electron chi connectivity index (χ4n) is 2.65. The van der Waals surface area contributed by atoms with Crippen LogP contribution in [0, 0.1) is 0 Å². The lowest BCUT2D eigenvalue weighted by atomic mass is 9.75. The molecule has 1 spiro atoms. The maximum atomic E-state index is 12.3. The molecule has 1 saturated carbocycles. The Hall–Kier alpha value is -0.770. The molecule has 0 bridgehead atoms. The molecule has 1 aliphatic heterocycles. The molecule has 1 amide bonds. The Kier molecular flexibility index (Phi) is 3.34. The molecule has 1 N–H and O–H groups in total. The molecule has 1 aliphatic carbocycles. The minimum absolute atomic E-state index is 0.0405. The monoisotopic (exact) mass is 240 g/mol. The second kappa shape index (κ2) is 4.48. The Morgan fingerprint density at radius 2 is 2.00 bits per heavy atom. The first-order chi connectivity index (χ1) is 7.93. The van der Waals surface area contributed by atoms with Crippen molar-refractivity contribution in [3.05, 3.63) is 0 Å². The van der Waals surface area contributed by atoms with Crippen LogP contribution in [-0.2, 0) is 4.74 Å². The number of ether oxygens (including phenoxy) is 1. The molecule has 0 aromatic heterocycles. The lowest BCUT2D eigenvalue weighted by Crippen LogP contribution is -2.60. The summed E-state index contributed by atoms with van der Waals surface area (Å²) >= 11 is 0. The van der Waals surface area contributed by atoms with Gasteiger partial charge in [0.2, 0.25) is 0 Å². The van der Waals surface area contributed by atoms with Crippen molar-refractivity contribution in [3.8, 4) is 0 Å². The van der Waals surface area contributed by atoms with Gasteiger partial charge in [-0.05, 0) is 53.0 Å². The van der Waals surface area contributed by atoms with Gasteiger partial charge in [0.15, 0.2) is 0 Å². The zero-order valence-electron chi connectivity index (χ0n) is 11.2. The van der Waals surface area contributed by atoms with Gasteiger partial charge in [-0.25, -0.2) is 4.79 Å². The first kappa shape index (κ1) is 12.7. The second-order valence-corrected chi connectivity index (χ2v) is 6.24. The van der Waals surface area contributed by atoms with E-state index in [1.54, 1.807) is 0 Å². The number of carbonyl (C=O) groups is 1. The van der Waals surface area contributed by atoms with Gasteiger partial charge in [0.1, 0.15) is 5.60 Å². The molecular formula is C13H24N2O2. The molecule has 0 atom stereocenters. The molecule has 4 nitrogen and oxygen atoms in total. The van der Waals surface area contributed by atoms with Crippen molar-refractivity contribution in [1.29, 1.82) is 0 Å². The molecular weight excluding hydrogens is 216 g/mol. The topological polar surface area (TPSA) is 41.6 Å².